The molecule has 1 unspecified atom stereocenters. The van der Waals surface area contributed by atoms with Crippen LogP contribution in [0, 0.1) is 0 Å². The monoisotopic (exact) mass is 217 g/mol. The predicted octanol–water partition coefficient (Wildman–Crippen LogP) is 1.94. The van der Waals surface area contributed by atoms with E-state index in [0.717, 1.165) is 13.0 Å². The van der Waals surface area contributed by atoms with Crippen LogP contribution in [0.25, 0.3) is 0 Å². The van der Waals surface area contributed by atoms with Gasteiger partial charge >= 0.3 is 0 Å². The minimum atomic E-state index is 0.449. The summed E-state index contributed by atoms with van der Waals surface area (Å²) >= 11 is 5.09. The molecule has 0 aliphatic rings. The number of unbranched alkanes of at least 4 members (excludes halogenated alkanes) is 2. The van der Waals surface area contributed by atoms with Crippen LogP contribution >= 0.6 is 12.2 Å². The van der Waals surface area contributed by atoms with E-state index in [0.29, 0.717) is 11.2 Å². The summed E-state index contributed by atoms with van der Waals surface area (Å²) in [6.07, 6.45) is 4.77. The van der Waals surface area contributed by atoms with Gasteiger partial charge in [-0.1, -0.05) is 26.7 Å². The highest BCUT2D eigenvalue weighted by molar-refractivity contribution is 7.80. The van der Waals surface area contributed by atoms with Gasteiger partial charge in [0.15, 0.2) is 5.11 Å². The van der Waals surface area contributed by atoms with Gasteiger partial charge in [0, 0.05) is 12.6 Å². The minimum absolute atomic E-state index is 0.449. The topological polar surface area (TPSA) is 36.1 Å². The molecule has 0 fully saturated rings. The molecule has 84 valence electrons. The van der Waals surface area contributed by atoms with Crippen molar-refractivity contribution in [2.24, 2.45) is 0 Å². The molecule has 0 aliphatic carbocycles. The molecule has 3 N–H and O–H groups in total. The van der Waals surface area contributed by atoms with E-state index in [9.17, 15) is 0 Å². The summed E-state index contributed by atoms with van der Waals surface area (Å²) in [5.74, 6) is 0. The zero-order chi connectivity index (χ0) is 10.8. The van der Waals surface area contributed by atoms with Crippen LogP contribution in [0.4, 0.5) is 0 Å². The molecule has 1 atom stereocenters. The predicted molar refractivity (Wildman–Crippen MR) is 66.2 cm³/mol. The van der Waals surface area contributed by atoms with Crippen molar-refractivity contribution in [1.82, 2.24) is 16.2 Å². The molecule has 0 aromatic rings. The van der Waals surface area contributed by atoms with E-state index < -0.39 is 0 Å². The number of rotatable bonds is 7. The van der Waals surface area contributed by atoms with Gasteiger partial charge < -0.3 is 5.32 Å². The largest absolute Gasteiger partial charge is 0.362 e. The summed E-state index contributed by atoms with van der Waals surface area (Å²) in [7, 11) is 0. The lowest BCUT2D eigenvalue weighted by atomic mass is 10.2. The Balaban J connectivity index is 3.28. The third-order valence-electron chi connectivity index (χ3n) is 2.11. The van der Waals surface area contributed by atoms with Crippen LogP contribution in [0.5, 0.6) is 0 Å². The van der Waals surface area contributed by atoms with Gasteiger partial charge in [-0.3, -0.25) is 5.43 Å². The second-order valence-corrected chi connectivity index (χ2v) is 3.95. The molecule has 14 heavy (non-hydrogen) atoms. The van der Waals surface area contributed by atoms with Crippen molar-refractivity contribution < 1.29 is 0 Å². The first-order valence-corrected chi connectivity index (χ1v) is 5.90. The summed E-state index contributed by atoms with van der Waals surface area (Å²) in [5, 5.41) is 3.85. The third kappa shape index (κ3) is 8.26. The van der Waals surface area contributed by atoms with Crippen LogP contribution in [-0.2, 0) is 0 Å². The Morgan fingerprint density at radius 2 is 2.00 bits per heavy atom. The van der Waals surface area contributed by atoms with Crippen LogP contribution in [0.15, 0.2) is 0 Å². The van der Waals surface area contributed by atoms with Gasteiger partial charge in [0.25, 0.3) is 0 Å². The lowest BCUT2D eigenvalue weighted by Crippen LogP contribution is -2.47. The molecule has 0 saturated heterocycles. The lowest BCUT2D eigenvalue weighted by molar-refractivity contribution is 0.504. The molecule has 0 radical (unpaired) electrons. The van der Waals surface area contributed by atoms with Gasteiger partial charge in [-0.15, -0.1) is 0 Å². The highest BCUT2D eigenvalue weighted by atomic mass is 32.1. The van der Waals surface area contributed by atoms with E-state index in [1.165, 1.54) is 19.3 Å². The molecule has 0 aromatic carbocycles. The second-order valence-electron chi connectivity index (χ2n) is 3.54. The fourth-order valence-electron chi connectivity index (χ4n) is 0.912. The molecule has 0 aromatic heterocycles. The van der Waals surface area contributed by atoms with Gasteiger partial charge in [0.2, 0.25) is 0 Å². The van der Waals surface area contributed by atoms with E-state index >= 15 is 0 Å². The van der Waals surface area contributed by atoms with Crippen molar-refractivity contribution in [2.75, 3.05) is 6.54 Å². The van der Waals surface area contributed by atoms with E-state index in [1.807, 2.05) is 0 Å². The molecule has 0 saturated carbocycles. The number of hydrazine groups is 1. The fourth-order valence-corrected chi connectivity index (χ4v) is 1.07. The van der Waals surface area contributed by atoms with Gasteiger partial charge in [-0.25, -0.2) is 5.43 Å². The maximum absolute atomic E-state index is 5.09. The molecule has 0 spiro atoms. The van der Waals surface area contributed by atoms with E-state index in [4.69, 9.17) is 12.2 Å². The summed E-state index contributed by atoms with van der Waals surface area (Å²) in [6.45, 7) is 7.41. The van der Waals surface area contributed by atoms with Crippen molar-refractivity contribution in [2.45, 2.75) is 52.5 Å². The number of hydrogen-bond donors (Lipinski definition) is 3. The molecule has 0 amide bonds. The number of nitrogens with one attached hydrogen (secondary N) is 3. The smallest absolute Gasteiger partial charge is 0.180 e. The Bertz CT molecular complexity index is 150. The zero-order valence-electron chi connectivity index (χ0n) is 9.52. The first kappa shape index (κ1) is 13.7. The van der Waals surface area contributed by atoms with Gasteiger partial charge in [0.05, 0.1) is 0 Å². The SMILES string of the molecule is CCCCCNC(=S)NNC(C)CC. The summed E-state index contributed by atoms with van der Waals surface area (Å²) in [4.78, 5) is 0. The molecule has 0 heterocycles. The summed E-state index contributed by atoms with van der Waals surface area (Å²) in [6, 6.07) is 0.449. The number of thiocarbonyl (C=S) groups is 1. The Morgan fingerprint density at radius 3 is 2.57 bits per heavy atom. The second kappa shape index (κ2) is 9.21. The van der Waals surface area contributed by atoms with E-state index in [1.54, 1.807) is 0 Å². The van der Waals surface area contributed by atoms with Crippen molar-refractivity contribution >= 4 is 17.3 Å². The Hall–Kier alpha value is -0.350. The maximum atomic E-state index is 5.09. The van der Waals surface area contributed by atoms with Crippen LogP contribution in [0.1, 0.15) is 46.5 Å². The fraction of sp³-hybridized carbons (Fsp3) is 0.900. The maximum Gasteiger partial charge on any atom is 0.180 e. The molecular weight excluding hydrogens is 194 g/mol. The Kier molecular flexibility index (Phi) is 8.98. The van der Waals surface area contributed by atoms with Crippen LogP contribution < -0.4 is 16.2 Å². The van der Waals surface area contributed by atoms with E-state index in [-0.39, 0.29) is 0 Å². The first-order chi connectivity index (χ1) is 6.70. The number of hydrogen-bond acceptors (Lipinski definition) is 2. The molecule has 0 bridgehead atoms. The first-order valence-electron chi connectivity index (χ1n) is 5.50. The summed E-state index contributed by atoms with van der Waals surface area (Å²) in [5.41, 5.74) is 6.10. The van der Waals surface area contributed by atoms with Crippen molar-refractivity contribution in [3.05, 3.63) is 0 Å². The molecular formula is C10H23N3S. The minimum Gasteiger partial charge on any atom is -0.362 e. The molecule has 0 aliphatic heterocycles. The lowest BCUT2D eigenvalue weighted by Gasteiger charge is -2.15. The highest BCUT2D eigenvalue weighted by Crippen LogP contribution is 1.90. The third-order valence-corrected chi connectivity index (χ3v) is 2.36. The van der Waals surface area contributed by atoms with Crippen LogP contribution in [0.3, 0.4) is 0 Å². The normalized spacial score (nSPS) is 12.2. The van der Waals surface area contributed by atoms with Gasteiger partial charge in [-0.2, -0.15) is 0 Å². The molecule has 4 heteroatoms. The van der Waals surface area contributed by atoms with Crippen LogP contribution in [0.2, 0.25) is 0 Å². The van der Waals surface area contributed by atoms with E-state index in [2.05, 4.69) is 36.9 Å². The van der Waals surface area contributed by atoms with Crippen molar-refractivity contribution in [3.8, 4) is 0 Å². The summed E-state index contributed by atoms with van der Waals surface area (Å²) < 4.78 is 0. The van der Waals surface area contributed by atoms with Crippen molar-refractivity contribution in [1.29, 1.82) is 0 Å². The van der Waals surface area contributed by atoms with Gasteiger partial charge in [0.1, 0.15) is 0 Å². The zero-order valence-corrected chi connectivity index (χ0v) is 10.3. The quantitative estimate of drug-likeness (QED) is 0.346. The van der Waals surface area contributed by atoms with Crippen molar-refractivity contribution in [3.63, 3.8) is 0 Å². The Labute approximate surface area is 93.0 Å². The average molecular weight is 217 g/mol. The van der Waals surface area contributed by atoms with Crippen LogP contribution in [-0.4, -0.2) is 17.7 Å². The average Bonchev–Trinajstić information content (AvgIpc) is 2.21. The highest BCUT2D eigenvalue weighted by Gasteiger charge is 1.97. The Morgan fingerprint density at radius 1 is 1.29 bits per heavy atom. The molecule has 0 rings (SSSR count). The van der Waals surface area contributed by atoms with Gasteiger partial charge in [-0.05, 0) is 32.0 Å². The molecule has 3 nitrogen and oxygen atoms in total. The standard InChI is InChI=1S/C10H23N3S/c1-4-6-7-8-11-10(14)13-12-9(3)5-2/h9,12H,4-8H2,1-3H3,(H2,11,13,14).